The van der Waals surface area contributed by atoms with Gasteiger partial charge in [0.25, 0.3) is 0 Å². The molecule has 4 rings (SSSR count). The van der Waals surface area contributed by atoms with Gasteiger partial charge < -0.3 is 19.9 Å². The lowest BCUT2D eigenvalue weighted by atomic mass is 9.83. The van der Waals surface area contributed by atoms with Crippen molar-refractivity contribution in [2.75, 3.05) is 20.2 Å². The first-order chi connectivity index (χ1) is 10.1. The number of rotatable bonds is 1. The van der Waals surface area contributed by atoms with Gasteiger partial charge in [-0.15, -0.1) is 0 Å². The number of nitrogens with one attached hydrogen (secondary N) is 2. The van der Waals surface area contributed by atoms with Crippen molar-refractivity contribution in [2.24, 2.45) is 0 Å². The quantitative estimate of drug-likeness (QED) is 0.845. The minimum atomic E-state index is -0.234. The van der Waals surface area contributed by atoms with Crippen LogP contribution in [0.15, 0.2) is 18.2 Å². The minimum Gasteiger partial charge on any atom is -0.497 e. The summed E-state index contributed by atoms with van der Waals surface area (Å²) in [5.74, 6) is 0.873. The normalized spacial score (nSPS) is 24.5. The van der Waals surface area contributed by atoms with E-state index in [1.165, 1.54) is 16.6 Å². The van der Waals surface area contributed by atoms with E-state index >= 15 is 0 Å². The summed E-state index contributed by atoms with van der Waals surface area (Å²) in [4.78, 5) is 17.7. The predicted octanol–water partition coefficient (Wildman–Crippen LogP) is 2.36. The predicted molar refractivity (Wildman–Crippen MR) is 80.6 cm³/mol. The van der Waals surface area contributed by atoms with Gasteiger partial charge in [0.05, 0.1) is 12.6 Å². The highest BCUT2D eigenvalue weighted by Gasteiger charge is 2.45. The maximum atomic E-state index is 12.1. The molecule has 0 spiro atoms. The Kier molecular flexibility index (Phi) is 2.49. The van der Waals surface area contributed by atoms with Crippen LogP contribution >= 0.6 is 0 Å². The molecule has 2 aliphatic heterocycles. The van der Waals surface area contributed by atoms with Crippen LogP contribution in [0.5, 0.6) is 5.75 Å². The highest BCUT2D eigenvalue weighted by Crippen LogP contribution is 2.42. The lowest BCUT2D eigenvalue weighted by molar-refractivity contribution is 0.0848. The molecule has 110 valence electrons. The third-order valence-electron chi connectivity index (χ3n) is 4.97. The number of H-pyrrole nitrogens is 1. The second kappa shape index (κ2) is 4.16. The molecule has 0 bridgehead atoms. The second-order valence-corrected chi connectivity index (χ2v) is 6.05. The van der Waals surface area contributed by atoms with E-state index in [4.69, 9.17) is 4.74 Å². The van der Waals surface area contributed by atoms with Gasteiger partial charge in [-0.3, -0.25) is 0 Å². The zero-order chi connectivity index (χ0) is 14.6. The largest absolute Gasteiger partial charge is 0.497 e. The van der Waals surface area contributed by atoms with Crippen molar-refractivity contribution in [3.05, 3.63) is 29.5 Å². The number of aromatic nitrogens is 1. The van der Waals surface area contributed by atoms with Crippen LogP contribution in [0.25, 0.3) is 10.9 Å². The maximum Gasteiger partial charge on any atom is 0.318 e. The summed E-state index contributed by atoms with van der Waals surface area (Å²) < 4.78 is 5.34. The van der Waals surface area contributed by atoms with Crippen LogP contribution < -0.4 is 10.1 Å². The summed E-state index contributed by atoms with van der Waals surface area (Å²) in [6.45, 7) is 3.65. The Morgan fingerprint density at radius 2 is 2.24 bits per heavy atom. The summed E-state index contributed by atoms with van der Waals surface area (Å²) >= 11 is 0. The molecule has 0 aliphatic carbocycles. The molecule has 0 saturated carbocycles. The molecule has 5 nitrogen and oxygen atoms in total. The van der Waals surface area contributed by atoms with Crippen molar-refractivity contribution < 1.29 is 9.53 Å². The van der Waals surface area contributed by atoms with Crippen LogP contribution in [0.3, 0.4) is 0 Å². The lowest BCUT2D eigenvalue weighted by Gasteiger charge is -2.47. The third-order valence-corrected chi connectivity index (χ3v) is 4.97. The summed E-state index contributed by atoms with van der Waals surface area (Å²) in [5, 5.41) is 4.16. The molecule has 1 saturated heterocycles. The molecule has 1 aromatic carbocycles. The van der Waals surface area contributed by atoms with Crippen molar-refractivity contribution in [2.45, 2.75) is 25.3 Å². The van der Waals surface area contributed by atoms with Crippen molar-refractivity contribution in [3.8, 4) is 5.75 Å². The first-order valence-corrected chi connectivity index (χ1v) is 7.38. The molecular formula is C16H19N3O2. The Labute approximate surface area is 123 Å². The Hall–Kier alpha value is -2.17. The SMILES string of the molecule is COc1ccc2[nH]c3c(c2c1)CCN1C(=O)NCC[C@]31C. The van der Waals surface area contributed by atoms with E-state index in [2.05, 4.69) is 29.4 Å². The maximum absolute atomic E-state index is 12.1. The minimum absolute atomic E-state index is 0.0469. The number of fused-ring (bicyclic) bond motifs is 5. The van der Waals surface area contributed by atoms with E-state index in [1.807, 2.05) is 11.0 Å². The number of hydrogen-bond acceptors (Lipinski definition) is 2. The average molecular weight is 285 g/mol. The Morgan fingerprint density at radius 1 is 1.38 bits per heavy atom. The summed E-state index contributed by atoms with van der Waals surface area (Å²) in [6, 6.07) is 6.17. The summed E-state index contributed by atoms with van der Waals surface area (Å²) in [5.41, 5.74) is 3.40. The van der Waals surface area contributed by atoms with Crippen LogP contribution in [0, 0.1) is 0 Å². The first kappa shape index (κ1) is 12.6. The molecule has 2 aliphatic rings. The third kappa shape index (κ3) is 1.60. The molecule has 0 unspecified atom stereocenters. The topological polar surface area (TPSA) is 57.4 Å². The van der Waals surface area contributed by atoms with Crippen molar-refractivity contribution in [3.63, 3.8) is 0 Å². The van der Waals surface area contributed by atoms with E-state index in [-0.39, 0.29) is 11.6 Å². The highest BCUT2D eigenvalue weighted by molar-refractivity contribution is 5.88. The van der Waals surface area contributed by atoms with Crippen molar-refractivity contribution >= 4 is 16.9 Å². The van der Waals surface area contributed by atoms with Crippen LogP contribution in [-0.2, 0) is 12.0 Å². The highest BCUT2D eigenvalue weighted by atomic mass is 16.5. The molecule has 3 heterocycles. The molecule has 0 radical (unpaired) electrons. The number of benzene rings is 1. The van der Waals surface area contributed by atoms with E-state index < -0.39 is 0 Å². The van der Waals surface area contributed by atoms with Crippen LogP contribution in [0.1, 0.15) is 24.6 Å². The number of carbonyl (C=O) groups excluding carboxylic acids is 1. The first-order valence-electron chi connectivity index (χ1n) is 7.38. The van der Waals surface area contributed by atoms with E-state index in [0.717, 1.165) is 37.2 Å². The zero-order valence-corrected chi connectivity index (χ0v) is 12.3. The monoisotopic (exact) mass is 285 g/mol. The Morgan fingerprint density at radius 3 is 3.05 bits per heavy atom. The summed E-state index contributed by atoms with van der Waals surface area (Å²) in [6.07, 6.45) is 1.81. The summed E-state index contributed by atoms with van der Waals surface area (Å²) in [7, 11) is 1.69. The smallest absolute Gasteiger partial charge is 0.318 e. The van der Waals surface area contributed by atoms with Gasteiger partial charge in [-0.1, -0.05) is 0 Å². The number of nitrogens with zero attached hydrogens (tertiary/aromatic N) is 1. The number of aromatic amines is 1. The van der Waals surface area contributed by atoms with Crippen LogP contribution in [0.2, 0.25) is 0 Å². The molecule has 2 aromatic rings. The standard InChI is InChI=1S/C16H19N3O2/c1-16-6-7-17-15(20)19(16)8-5-11-12-9-10(21-2)3-4-13(12)18-14(11)16/h3-4,9,18H,5-8H2,1-2H3,(H,17,20)/t16-/m1/s1. The molecule has 2 N–H and O–H groups in total. The average Bonchev–Trinajstić information content (AvgIpc) is 2.86. The van der Waals surface area contributed by atoms with Crippen LogP contribution in [0.4, 0.5) is 4.79 Å². The fourth-order valence-electron chi connectivity index (χ4n) is 3.77. The number of amides is 2. The van der Waals surface area contributed by atoms with Gasteiger partial charge in [-0.05, 0) is 43.5 Å². The van der Waals surface area contributed by atoms with Crippen molar-refractivity contribution in [1.29, 1.82) is 0 Å². The van der Waals surface area contributed by atoms with Crippen LogP contribution in [-0.4, -0.2) is 36.1 Å². The molecule has 5 heteroatoms. The number of hydrogen-bond donors (Lipinski definition) is 2. The second-order valence-electron chi connectivity index (χ2n) is 6.05. The van der Waals surface area contributed by atoms with Gasteiger partial charge in [-0.25, -0.2) is 4.79 Å². The fraction of sp³-hybridized carbons (Fsp3) is 0.438. The number of carbonyl (C=O) groups is 1. The molecule has 1 aromatic heterocycles. The molecule has 21 heavy (non-hydrogen) atoms. The Balaban J connectivity index is 1.92. The number of urea groups is 1. The van der Waals surface area contributed by atoms with E-state index in [1.54, 1.807) is 7.11 Å². The van der Waals surface area contributed by atoms with Gasteiger partial charge in [0.2, 0.25) is 0 Å². The number of methoxy groups -OCH3 is 1. The van der Waals surface area contributed by atoms with Gasteiger partial charge in [0, 0.05) is 29.7 Å². The molecule has 1 fully saturated rings. The van der Waals surface area contributed by atoms with Gasteiger partial charge >= 0.3 is 6.03 Å². The number of ether oxygens (including phenoxy) is 1. The van der Waals surface area contributed by atoms with Gasteiger partial charge in [0.15, 0.2) is 0 Å². The fourth-order valence-corrected chi connectivity index (χ4v) is 3.77. The lowest BCUT2D eigenvalue weighted by Crippen LogP contribution is -2.60. The zero-order valence-electron chi connectivity index (χ0n) is 12.3. The molecular weight excluding hydrogens is 266 g/mol. The Bertz CT molecular complexity index is 736. The molecule has 2 amide bonds. The van der Waals surface area contributed by atoms with E-state index in [0.29, 0.717) is 0 Å². The van der Waals surface area contributed by atoms with Gasteiger partial charge in [0.1, 0.15) is 5.75 Å². The van der Waals surface area contributed by atoms with Gasteiger partial charge in [-0.2, -0.15) is 0 Å². The van der Waals surface area contributed by atoms with Crippen molar-refractivity contribution in [1.82, 2.24) is 15.2 Å². The van der Waals surface area contributed by atoms with E-state index in [9.17, 15) is 4.79 Å². The molecule has 1 atom stereocenters.